The highest BCUT2D eigenvalue weighted by Crippen LogP contribution is 2.39. The van der Waals surface area contributed by atoms with Gasteiger partial charge in [-0.1, -0.05) is 24.3 Å². The SMILES string of the molecule is [Si]c1cccc2c1Nc1ccccc1O2. The summed E-state index contributed by atoms with van der Waals surface area (Å²) >= 11 is 0. The lowest BCUT2D eigenvalue weighted by molar-refractivity contribution is 0.481. The Morgan fingerprint density at radius 1 is 0.933 bits per heavy atom. The van der Waals surface area contributed by atoms with Crippen molar-refractivity contribution in [3.63, 3.8) is 0 Å². The topological polar surface area (TPSA) is 21.3 Å². The largest absolute Gasteiger partial charge is 0.453 e. The molecule has 2 nitrogen and oxygen atoms in total. The van der Waals surface area contributed by atoms with Crippen LogP contribution in [0.4, 0.5) is 11.4 Å². The normalized spacial score (nSPS) is 12.1. The Hall–Kier alpha value is -1.74. The molecular formula is C12H8NOSi. The fraction of sp³-hybridized carbons (Fsp3) is 0. The van der Waals surface area contributed by atoms with E-state index in [2.05, 4.69) is 15.6 Å². The zero-order valence-corrected chi connectivity index (χ0v) is 8.95. The fourth-order valence-electron chi connectivity index (χ4n) is 1.66. The minimum atomic E-state index is 0.848. The Bertz CT molecular complexity index is 525. The highest BCUT2D eigenvalue weighted by molar-refractivity contribution is 6.36. The Morgan fingerprint density at radius 2 is 1.73 bits per heavy atom. The van der Waals surface area contributed by atoms with Crippen LogP contribution in [0, 0.1) is 0 Å². The molecule has 0 unspecified atom stereocenters. The average Bonchev–Trinajstić information content (AvgIpc) is 2.27. The predicted molar refractivity (Wildman–Crippen MR) is 61.6 cm³/mol. The van der Waals surface area contributed by atoms with Crippen LogP contribution in [0.5, 0.6) is 11.5 Å². The zero-order chi connectivity index (χ0) is 10.3. The summed E-state index contributed by atoms with van der Waals surface area (Å²) < 4.78 is 5.76. The molecule has 15 heavy (non-hydrogen) atoms. The quantitative estimate of drug-likeness (QED) is 0.575. The van der Waals surface area contributed by atoms with Crippen LogP contribution in [0.3, 0.4) is 0 Å². The van der Waals surface area contributed by atoms with E-state index < -0.39 is 0 Å². The van der Waals surface area contributed by atoms with Gasteiger partial charge in [-0.2, -0.15) is 0 Å². The summed E-state index contributed by atoms with van der Waals surface area (Å²) in [4.78, 5) is 0. The molecule has 71 valence electrons. The Kier molecular flexibility index (Phi) is 1.79. The molecule has 3 rings (SSSR count). The van der Waals surface area contributed by atoms with E-state index in [1.165, 1.54) is 0 Å². The highest BCUT2D eigenvalue weighted by atomic mass is 28.1. The van der Waals surface area contributed by atoms with Crippen molar-refractivity contribution in [2.24, 2.45) is 0 Å². The second kappa shape index (κ2) is 3.14. The van der Waals surface area contributed by atoms with Gasteiger partial charge in [-0.15, -0.1) is 0 Å². The van der Waals surface area contributed by atoms with Crippen molar-refractivity contribution in [2.75, 3.05) is 5.32 Å². The van der Waals surface area contributed by atoms with E-state index in [0.29, 0.717) is 0 Å². The number of anilines is 2. The van der Waals surface area contributed by atoms with Crippen molar-refractivity contribution in [2.45, 2.75) is 0 Å². The molecule has 1 heterocycles. The van der Waals surface area contributed by atoms with E-state index in [-0.39, 0.29) is 0 Å². The first-order chi connectivity index (χ1) is 7.34. The first kappa shape index (κ1) is 8.56. The van der Waals surface area contributed by atoms with Gasteiger partial charge in [0.25, 0.3) is 0 Å². The van der Waals surface area contributed by atoms with Crippen LogP contribution in [-0.2, 0) is 0 Å². The Balaban J connectivity index is 2.15. The van der Waals surface area contributed by atoms with Crippen LogP contribution in [0.25, 0.3) is 0 Å². The van der Waals surface area contributed by atoms with E-state index in [0.717, 1.165) is 28.1 Å². The van der Waals surface area contributed by atoms with Gasteiger partial charge in [0.05, 0.1) is 21.6 Å². The lowest BCUT2D eigenvalue weighted by atomic mass is 10.2. The maximum absolute atomic E-state index is 5.76. The van der Waals surface area contributed by atoms with Gasteiger partial charge < -0.3 is 10.1 Å². The van der Waals surface area contributed by atoms with Crippen LogP contribution in [0.2, 0.25) is 0 Å². The molecule has 0 saturated heterocycles. The number of benzene rings is 2. The first-order valence-electron chi connectivity index (χ1n) is 4.73. The molecule has 3 radical (unpaired) electrons. The molecule has 0 aromatic heterocycles. The van der Waals surface area contributed by atoms with Gasteiger partial charge in [-0.25, -0.2) is 0 Å². The maximum atomic E-state index is 5.76. The molecule has 0 amide bonds. The minimum absolute atomic E-state index is 0.848. The van der Waals surface area contributed by atoms with Gasteiger partial charge in [-0.05, 0) is 23.4 Å². The molecule has 1 aliphatic rings. The van der Waals surface area contributed by atoms with Crippen LogP contribution in [0.15, 0.2) is 42.5 Å². The number of hydrogen-bond acceptors (Lipinski definition) is 2. The third-order valence-electron chi connectivity index (χ3n) is 2.39. The van der Waals surface area contributed by atoms with E-state index in [4.69, 9.17) is 4.74 Å². The fourth-order valence-corrected chi connectivity index (χ4v) is 1.94. The van der Waals surface area contributed by atoms with Crippen LogP contribution in [-0.4, -0.2) is 10.2 Å². The maximum Gasteiger partial charge on any atom is 0.150 e. The molecule has 0 aliphatic carbocycles. The second-order valence-electron chi connectivity index (χ2n) is 3.40. The van der Waals surface area contributed by atoms with Gasteiger partial charge in [0, 0.05) is 0 Å². The molecule has 2 aromatic rings. The van der Waals surface area contributed by atoms with Gasteiger partial charge in [0.1, 0.15) is 0 Å². The van der Waals surface area contributed by atoms with Crippen molar-refractivity contribution >= 4 is 26.8 Å². The van der Waals surface area contributed by atoms with Crippen molar-refractivity contribution in [3.8, 4) is 11.5 Å². The number of fused-ring (bicyclic) bond motifs is 2. The zero-order valence-electron chi connectivity index (χ0n) is 7.95. The highest BCUT2D eigenvalue weighted by Gasteiger charge is 2.16. The number of rotatable bonds is 0. The molecule has 0 spiro atoms. The summed E-state index contributed by atoms with van der Waals surface area (Å²) in [6.07, 6.45) is 0. The third-order valence-corrected chi connectivity index (χ3v) is 2.81. The van der Waals surface area contributed by atoms with Gasteiger partial charge in [-0.3, -0.25) is 0 Å². The molecule has 0 saturated carbocycles. The predicted octanol–water partition coefficient (Wildman–Crippen LogP) is 2.33. The summed E-state index contributed by atoms with van der Waals surface area (Å²) in [5.41, 5.74) is 1.98. The first-order valence-corrected chi connectivity index (χ1v) is 5.23. The summed E-state index contributed by atoms with van der Waals surface area (Å²) in [6, 6.07) is 13.8. The van der Waals surface area contributed by atoms with Crippen LogP contribution in [0.1, 0.15) is 0 Å². The molecule has 1 aliphatic heterocycles. The lowest BCUT2D eigenvalue weighted by Gasteiger charge is -2.22. The molecule has 2 aromatic carbocycles. The molecule has 0 fully saturated rings. The number of para-hydroxylation sites is 3. The Labute approximate surface area is 91.3 Å². The lowest BCUT2D eigenvalue weighted by Crippen LogP contribution is -2.13. The smallest absolute Gasteiger partial charge is 0.150 e. The number of nitrogens with one attached hydrogen (secondary N) is 1. The van der Waals surface area contributed by atoms with E-state index >= 15 is 0 Å². The van der Waals surface area contributed by atoms with Gasteiger partial charge >= 0.3 is 0 Å². The third kappa shape index (κ3) is 1.32. The van der Waals surface area contributed by atoms with E-state index in [1.807, 2.05) is 42.5 Å². The number of ether oxygens (including phenoxy) is 1. The minimum Gasteiger partial charge on any atom is -0.453 e. The summed E-state index contributed by atoms with van der Waals surface area (Å²) in [5.74, 6) is 1.71. The van der Waals surface area contributed by atoms with Crippen molar-refractivity contribution in [1.82, 2.24) is 0 Å². The van der Waals surface area contributed by atoms with Crippen molar-refractivity contribution < 1.29 is 4.74 Å². The summed E-state index contributed by atoms with van der Waals surface area (Å²) in [6.45, 7) is 0. The monoisotopic (exact) mass is 210 g/mol. The summed E-state index contributed by atoms with van der Waals surface area (Å²) in [7, 11) is 3.54. The van der Waals surface area contributed by atoms with Crippen molar-refractivity contribution in [3.05, 3.63) is 42.5 Å². The molecular weight excluding hydrogens is 202 g/mol. The number of hydrogen-bond donors (Lipinski definition) is 1. The second-order valence-corrected chi connectivity index (χ2v) is 3.94. The van der Waals surface area contributed by atoms with Gasteiger partial charge in [0.15, 0.2) is 11.5 Å². The van der Waals surface area contributed by atoms with Crippen molar-refractivity contribution in [1.29, 1.82) is 0 Å². The average molecular weight is 210 g/mol. The van der Waals surface area contributed by atoms with Crippen LogP contribution >= 0.6 is 0 Å². The Morgan fingerprint density at radius 3 is 2.67 bits per heavy atom. The van der Waals surface area contributed by atoms with Crippen LogP contribution < -0.4 is 15.2 Å². The molecule has 1 N–H and O–H groups in total. The van der Waals surface area contributed by atoms with E-state index in [1.54, 1.807) is 0 Å². The van der Waals surface area contributed by atoms with E-state index in [9.17, 15) is 0 Å². The molecule has 3 heteroatoms. The van der Waals surface area contributed by atoms with Gasteiger partial charge in [0.2, 0.25) is 0 Å². The standard InChI is InChI=1S/C12H8NOSi/c15-11-7-3-6-10-12(11)13-8-4-1-2-5-9(8)14-10/h1-7,13H. The molecule has 0 atom stereocenters. The molecule has 0 bridgehead atoms. The summed E-state index contributed by atoms with van der Waals surface area (Å²) in [5, 5.41) is 4.34.